The summed E-state index contributed by atoms with van der Waals surface area (Å²) in [5.41, 5.74) is -1.75. The average molecular weight is 234 g/mol. The zero-order chi connectivity index (χ0) is 12.6. The molecule has 0 fully saturated rings. The predicted molar refractivity (Wildman–Crippen MR) is 58.8 cm³/mol. The van der Waals surface area contributed by atoms with Gasteiger partial charge in [0.25, 0.3) is 0 Å². The fraction of sp³-hybridized carbons (Fsp3) is 0.909. The van der Waals surface area contributed by atoms with Gasteiger partial charge in [0, 0.05) is 6.42 Å². The molecule has 16 heavy (non-hydrogen) atoms. The van der Waals surface area contributed by atoms with E-state index in [1.807, 2.05) is 6.92 Å². The van der Waals surface area contributed by atoms with Crippen molar-refractivity contribution < 1.29 is 24.9 Å². The molecule has 0 aromatic heterocycles. The molecule has 0 heterocycles. The number of rotatable bonds is 8. The minimum atomic E-state index is -1.75. The molecule has 0 aliphatic carbocycles. The molecule has 1 atom stereocenters. The van der Waals surface area contributed by atoms with Crippen LogP contribution in [0.1, 0.15) is 39.5 Å². The van der Waals surface area contributed by atoms with Crippen molar-refractivity contribution in [3.8, 4) is 0 Å². The third-order valence-corrected chi connectivity index (χ3v) is 2.53. The Morgan fingerprint density at radius 3 is 2.25 bits per heavy atom. The van der Waals surface area contributed by atoms with Crippen molar-refractivity contribution in [3.05, 3.63) is 0 Å². The fourth-order valence-corrected chi connectivity index (χ4v) is 1.37. The summed E-state index contributed by atoms with van der Waals surface area (Å²) in [5, 5.41) is 27.7. The average Bonchev–Trinajstić information content (AvgIpc) is 2.32. The summed E-state index contributed by atoms with van der Waals surface area (Å²) in [4.78, 5) is 11.4. The molecule has 0 saturated heterocycles. The second-order valence-corrected chi connectivity index (χ2v) is 3.91. The van der Waals surface area contributed by atoms with Crippen molar-refractivity contribution in [2.24, 2.45) is 0 Å². The lowest BCUT2D eigenvalue weighted by Gasteiger charge is -2.31. The van der Waals surface area contributed by atoms with Gasteiger partial charge in [0.15, 0.2) is 0 Å². The Hall–Kier alpha value is -0.650. The number of carbonyl (C=O) groups is 1. The monoisotopic (exact) mass is 234 g/mol. The molecule has 5 nitrogen and oxygen atoms in total. The lowest BCUT2D eigenvalue weighted by molar-refractivity contribution is -0.178. The van der Waals surface area contributed by atoms with Crippen LogP contribution in [0.4, 0.5) is 0 Å². The summed E-state index contributed by atoms with van der Waals surface area (Å²) in [6.45, 7) is 2.41. The third kappa shape index (κ3) is 4.47. The quantitative estimate of drug-likeness (QED) is 0.523. The number of hydrogen-bond acceptors (Lipinski definition) is 5. The van der Waals surface area contributed by atoms with Gasteiger partial charge in [0.2, 0.25) is 0 Å². The van der Waals surface area contributed by atoms with Crippen molar-refractivity contribution in [3.63, 3.8) is 0 Å². The molecule has 0 saturated carbocycles. The number of ether oxygens (including phenoxy) is 1. The van der Waals surface area contributed by atoms with Gasteiger partial charge in [0.05, 0.1) is 13.2 Å². The number of unbranched alkanes of at least 4 members (excludes halogenated alkanes) is 1. The normalized spacial score (nSPS) is 13.6. The molecule has 0 radical (unpaired) electrons. The Kier molecular flexibility index (Phi) is 7.29. The van der Waals surface area contributed by atoms with Gasteiger partial charge in [-0.2, -0.15) is 0 Å². The maximum atomic E-state index is 11.4. The zero-order valence-corrected chi connectivity index (χ0v) is 9.98. The second-order valence-electron chi connectivity index (χ2n) is 3.91. The van der Waals surface area contributed by atoms with E-state index in [4.69, 9.17) is 14.9 Å². The molecule has 0 bridgehead atoms. The summed E-state index contributed by atoms with van der Waals surface area (Å²) < 4.78 is 5.04. The molecule has 1 unspecified atom stereocenters. The van der Waals surface area contributed by atoms with E-state index in [1.54, 1.807) is 6.92 Å². The van der Waals surface area contributed by atoms with E-state index in [0.717, 1.165) is 12.8 Å². The minimum absolute atomic E-state index is 0.292. The topological polar surface area (TPSA) is 87.0 Å². The Labute approximate surface area is 96.0 Å². The van der Waals surface area contributed by atoms with E-state index in [9.17, 15) is 9.90 Å². The Bertz CT molecular complexity index is 201. The van der Waals surface area contributed by atoms with Gasteiger partial charge in [0.1, 0.15) is 11.7 Å². The van der Waals surface area contributed by atoms with Gasteiger partial charge in [-0.05, 0) is 12.8 Å². The number of aliphatic hydroxyl groups is 3. The van der Waals surface area contributed by atoms with Crippen LogP contribution in [0.5, 0.6) is 0 Å². The lowest BCUT2D eigenvalue weighted by atomic mass is 9.96. The molecule has 0 rings (SSSR count). The highest BCUT2D eigenvalue weighted by Gasteiger charge is 2.37. The molecule has 0 spiro atoms. The largest absolute Gasteiger partial charge is 0.459 e. The van der Waals surface area contributed by atoms with E-state index in [2.05, 4.69) is 0 Å². The first-order chi connectivity index (χ1) is 7.53. The van der Waals surface area contributed by atoms with E-state index in [0.29, 0.717) is 12.8 Å². The van der Waals surface area contributed by atoms with Crippen LogP contribution in [0.2, 0.25) is 0 Å². The molecule has 5 heteroatoms. The van der Waals surface area contributed by atoms with Gasteiger partial charge >= 0.3 is 5.97 Å². The smallest absolute Gasteiger partial charge is 0.306 e. The highest BCUT2D eigenvalue weighted by atomic mass is 16.6. The van der Waals surface area contributed by atoms with Crippen LogP contribution in [0.3, 0.4) is 0 Å². The molecule has 0 aliphatic heterocycles. The van der Waals surface area contributed by atoms with Crippen molar-refractivity contribution in [1.29, 1.82) is 0 Å². The maximum absolute atomic E-state index is 11.4. The third-order valence-electron chi connectivity index (χ3n) is 2.53. The minimum Gasteiger partial charge on any atom is -0.459 e. The Balaban J connectivity index is 4.33. The molecule has 0 aromatic rings. The van der Waals surface area contributed by atoms with E-state index in [-0.39, 0.29) is 0 Å². The summed E-state index contributed by atoms with van der Waals surface area (Å²) in [7, 11) is 0. The van der Waals surface area contributed by atoms with Crippen molar-refractivity contribution in [2.75, 3.05) is 13.2 Å². The number of esters is 1. The predicted octanol–water partition coefficient (Wildman–Crippen LogP) is 0.214. The van der Waals surface area contributed by atoms with Crippen LogP contribution >= 0.6 is 0 Å². The highest BCUT2D eigenvalue weighted by Crippen LogP contribution is 2.17. The number of carbonyl (C=O) groups excluding carboxylic acids is 1. The Morgan fingerprint density at radius 2 is 1.88 bits per heavy atom. The molecule has 0 aliphatic rings. The van der Waals surface area contributed by atoms with Crippen LogP contribution in [0, 0.1) is 0 Å². The van der Waals surface area contributed by atoms with Gasteiger partial charge in [-0.25, -0.2) is 0 Å². The van der Waals surface area contributed by atoms with Crippen LogP contribution in [-0.4, -0.2) is 46.2 Å². The van der Waals surface area contributed by atoms with Crippen LogP contribution in [0.25, 0.3) is 0 Å². The molecule has 0 aromatic carbocycles. The Morgan fingerprint density at radius 1 is 1.31 bits per heavy atom. The summed E-state index contributed by atoms with van der Waals surface area (Å²) in [5.74, 6) is -0.408. The van der Waals surface area contributed by atoms with Gasteiger partial charge in [-0.15, -0.1) is 0 Å². The summed E-state index contributed by atoms with van der Waals surface area (Å²) >= 11 is 0. The summed E-state index contributed by atoms with van der Waals surface area (Å²) in [6.07, 6.45) is 1.38. The lowest BCUT2D eigenvalue weighted by Crippen LogP contribution is -2.50. The first-order valence-corrected chi connectivity index (χ1v) is 5.67. The van der Waals surface area contributed by atoms with E-state index in [1.165, 1.54) is 0 Å². The molecular weight excluding hydrogens is 212 g/mol. The van der Waals surface area contributed by atoms with Gasteiger partial charge in [-0.1, -0.05) is 20.3 Å². The molecule has 96 valence electrons. The van der Waals surface area contributed by atoms with Crippen molar-refractivity contribution in [2.45, 2.75) is 51.2 Å². The van der Waals surface area contributed by atoms with Crippen LogP contribution < -0.4 is 0 Å². The van der Waals surface area contributed by atoms with E-state index >= 15 is 0 Å². The summed E-state index contributed by atoms with van der Waals surface area (Å²) in [6, 6.07) is 0. The zero-order valence-electron chi connectivity index (χ0n) is 9.98. The van der Waals surface area contributed by atoms with Crippen LogP contribution in [-0.2, 0) is 9.53 Å². The first kappa shape index (κ1) is 15.3. The SMILES string of the molecule is CCCCC(=O)OC(CC)C(O)(CO)CO. The van der Waals surface area contributed by atoms with Crippen molar-refractivity contribution >= 4 is 5.97 Å². The fourth-order valence-electron chi connectivity index (χ4n) is 1.37. The maximum Gasteiger partial charge on any atom is 0.306 e. The highest BCUT2D eigenvalue weighted by molar-refractivity contribution is 5.69. The molecular formula is C11H22O5. The first-order valence-electron chi connectivity index (χ1n) is 5.67. The molecule has 0 amide bonds. The van der Waals surface area contributed by atoms with Gasteiger partial charge < -0.3 is 20.1 Å². The number of aliphatic hydroxyl groups excluding tert-OH is 2. The second kappa shape index (κ2) is 7.60. The van der Waals surface area contributed by atoms with E-state index < -0.39 is 30.9 Å². The number of hydrogen-bond donors (Lipinski definition) is 3. The van der Waals surface area contributed by atoms with Crippen LogP contribution in [0.15, 0.2) is 0 Å². The van der Waals surface area contributed by atoms with Gasteiger partial charge in [-0.3, -0.25) is 4.79 Å². The standard InChI is InChI=1S/C11H22O5/c1-3-5-6-10(14)16-9(4-2)11(15,7-12)8-13/h9,12-13,15H,3-8H2,1-2H3. The molecule has 3 N–H and O–H groups in total. The van der Waals surface area contributed by atoms with Crippen molar-refractivity contribution in [1.82, 2.24) is 0 Å².